The van der Waals surface area contributed by atoms with Gasteiger partial charge >= 0.3 is 5.97 Å². The average molecular weight is 381 g/mol. The lowest BCUT2D eigenvalue weighted by Crippen LogP contribution is -2.27. The van der Waals surface area contributed by atoms with E-state index < -0.39 is 5.97 Å². The van der Waals surface area contributed by atoms with Crippen LogP contribution in [0, 0.1) is 20.8 Å². The molecule has 28 heavy (non-hydrogen) atoms. The van der Waals surface area contributed by atoms with Crippen LogP contribution < -0.4 is 0 Å². The lowest BCUT2D eigenvalue weighted by molar-refractivity contribution is 0.0598. The number of rotatable bonds is 5. The monoisotopic (exact) mass is 381 g/mol. The van der Waals surface area contributed by atoms with Crippen molar-refractivity contribution in [3.8, 4) is 5.69 Å². The van der Waals surface area contributed by atoms with E-state index in [9.17, 15) is 9.59 Å². The normalized spacial score (nSPS) is 10.8. The van der Waals surface area contributed by atoms with E-state index in [1.165, 1.54) is 7.11 Å². The lowest BCUT2D eigenvalue weighted by Gasteiger charge is -2.16. The molecular formula is C21H23N3O4. The number of amides is 1. The van der Waals surface area contributed by atoms with E-state index in [0.717, 1.165) is 11.4 Å². The third kappa shape index (κ3) is 3.55. The topological polar surface area (TPSA) is 77.6 Å². The summed E-state index contributed by atoms with van der Waals surface area (Å²) in [5.74, 6) is 0.356. The van der Waals surface area contributed by atoms with Crippen LogP contribution in [-0.4, -0.2) is 40.7 Å². The van der Waals surface area contributed by atoms with Gasteiger partial charge in [-0.15, -0.1) is 0 Å². The summed E-state index contributed by atoms with van der Waals surface area (Å²) in [6, 6.07) is 11.3. The maximum Gasteiger partial charge on any atom is 0.341 e. The number of furan rings is 1. The first kappa shape index (κ1) is 19.4. The molecule has 3 aromatic rings. The van der Waals surface area contributed by atoms with E-state index >= 15 is 0 Å². The maximum absolute atomic E-state index is 13.1. The highest BCUT2D eigenvalue weighted by molar-refractivity contribution is 5.96. The average Bonchev–Trinajstić information content (AvgIpc) is 3.20. The zero-order valence-electron chi connectivity index (χ0n) is 16.6. The van der Waals surface area contributed by atoms with Gasteiger partial charge in [-0.2, -0.15) is 5.10 Å². The molecule has 3 rings (SSSR count). The van der Waals surface area contributed by atoms with Crippen molar-refractivity contribution in [2.24, 2.45) is 0 Å². The number of carbonyl (C=O) groups excluding carboxylic acids is 2. The van der Waals surface area contributed by atoms with Crippen LogP contribution in [0.1, 0.15) is 43.6 Å². The fourth-order valence-corrected chi connectivity index (χ4v) is 3.20. The van der Waals surface area contributed by atoms with Crippen molar-refractivity contribution in [3.63, 3.8) is 0 Å². The van der Waals surface area contributed by atoms with Gasteiger partial charge in [0.15, 0.2) is 0 Å². The predicted molar refractivity (Wildman–Crippen MR) is 104 cm³/mol. The lowest BCUT2D eigenvalue weighted by atomic mass is 10.1. The molecule has 7 heteroatoms. The highest BCUT2D eigenvalue weighted by Crippen LogP contribution is 2.21. The van der Waals surface area contributed by atoms with E-state index in [1.807, 2.05) is 44.2 Å². The molecule has 0 aliphatic rings. The molecule has 0 saturated carbocycles. The van der Waals surface area contributed by atoms with E-state index in [2.05, 4.69) is 5.10 Å². The van der Waals surface area contributed by atoms with Crippen LogP contribution in [0.15, 0.2) is 40.8 Å². The molecule has 0 unspecified atom stereocenters. The zero-order valence-corrected chi connectivity index (χ0v) is 16.6. The van der Waals surface area contributed by atoms with Crippen molar-refractivity contribution in [1.29, 1.82) is 0 Å². The zero-order chi connectivity index (χ0) is 20.4. The Hall–Kier alpha value is -3.35. The molecule has 2 heterocycles. The summed E-state index contributed by atoms with van der Waals surface area (Å²) in [6.07, 6.45) is 0. The molecule has 7 nitrogen and oxygen atoms in total. The van der Waals surface area contributed by atoms with E-state index in [0.29, 0.717) is 28.3 Å². The van der Waals surface area contributed by atoms with Gasteiger partial charge in [0.25, 0.3) is 5.91 Å². The largest absolute Gasteiger partial charge is 0.465 e. The van der Waals surface area contributed by atoms with E-state index in [-0.39, 0.29) is 12.5 Å². The molecule has 0 fully saturated rings. The van der Waals surface area contributed by atoms with Crippen molar-refractivity contribution in [3.05, 3.63) is 70.4 Å². The van der Waals surface area contributed by atoms with Crippen molar-refractivity contribution >= 4 is 11.9 Å². The first-order valence-electron chi connectivity index (χ1n) is 8.88. The number of para-hydroxylation sites is 1. The van der Waals surface area contributed by atoms with Crippen molar-refractivity contribution in [1.82, 2.24) is 14.7 Å². The van der Waals surface area contributed by atoms with Gasteiger partial charge in [-0.1, -0.05) is 18.2 Å². The second-order valence-electron chi connectivity index (χ2n) is 6.63. The number of methoxy groups -OCH3 is 1. The van der Waals surface area contributed by atoms with E-state index in [1.54, 1.807) is 29.6 Å². The summed E-state index contributed by atoms with van der Waals surface area (Å²) in [5.41, 5.74) is 3.25. The first-order chi connectivity index (χ1) is 13.3. The molecule has 146 valence electrons. The fourth-order valence-electron chi connectivity index (χ4n) is 3.20. The quantitative estimate of drug-likeness (QED) is 0.633. The molecular weight excluding hydrogens is 358 g/mol. The number of hydrogen-bond acceptors (Lipinski definition) is 5. The molecule has 0 atom stereocenters. The minimum absolute atomic E-state index is 0.161. The third-order valence-corrected chi connectivity index (χ3v) is 4.62. The molecule has 0 bridgehead atoms. The standard InChI is InChI=1S/C21H23N3O4/c1-13-19(14(2)24(22-13)16-9-7-6-8-10-16)20(25)23(4)12-17-11-18(15(3)28-17)21(26)27-5/h6-11H,12H2,1-5H3. The molecule has 1 amide bonds. The Labute approximate surface area is 163 Å². The van der Waals surface area contributed by atoms with Gasteiger partial charge < -0.3 is 14.1 Å². The first-order valence-corrected chi connectivity index (χ1v) is 8.88. The molecule has 0 radical (unpaired) electrons. The summed E-state index contributed by atoms with van der Waals surface area (Å²) in [4.78, 5) is 26.3. The van der Waals surface area contributed by atoms with Gasteiger partial charge in [0.1, 0.15) is 17.1 Å². The Bertz CT molecular complexity index is 1020. The number of nitrogens with zero attached hydrogens (tertiary/aromatic N) is 3. The van der Waals surface area contributed by atoms with Crippen LogP contribution in [0.4, 0.5) is 0 Å². The van der Waals surface area contributed by atoms with Gasteiger partial charge in [0.2, 0.25) is 0 Å². The van der Waals surface area contributed by atoms with Crippen molar-refractivity contribution in [2.75, 3.05) is 14.2 Å². The third-order valence-electron chi connectivity index (χ3n) is 4.62. The minimum atomic E-state index is -0.461. The van der Waals surface area contributed by atoms with Crippen LogP contribution in [0.2, 0.25) is 0 Å². The second-order valence-corrected chi connectivity index (χ2v) is 6.63. The summed E-state index contributed by atoms with van der Waals surface area (Å²) >= 11 is 0. The minimum Gasteiger partial charge on any atom is -0.465 e. The van der Waals surface area contributed by atoms with Crippen LogP contribution >= 0.6 is 0 Å². The number of carbonyl (C=O) groups is 2. The summed E-state index contributed by atoms with van der Waals surface area (Å²) < 4.78 is 12.1. The van der Waals surface area contributed by atoms with Crippen LogP contribution in [0.3, 0.4) is 0 Å². The Morgan fingerprint density at radius 3 is 2.50 bits per heavy atom. The number of aryl methyl sites for hydroxylation is 2. The van der Waals surface area contributed by atoms with Gasteiger partial charge in [-0.25, -0.2) is 9.48 Å². The van der Waals surface area contributed by atoms with Crippen LogP contribution in [0.25, 0.3) is 5.69 Å². The van der Waals surface area contributed by atoms with Crippen LogP contribution in [0.5, 0.6) is 0 Å². The highest BCUT2D eigenvalue weighted by Gasteiger charge is 2.24. The van der Waals surface area contributed by atoms with Gasteiger partial charge in [0, 0.05) is 7.05 Å². The van der Waals surface area contributed by atoms with Gasteiger partial charge in [-0.05, 0) is 39.0 Å². The molecule has 2 aromatic heterocycles. The molecule has 0 aliphatic carbocycles. The molecule has 0 spiro atoms. The Balaban J connectivity index is 1.85. The second kappa shape index (κ2) is 7.72. The van der Waals surface area contributed by atoms with Crippen molar-refractivity contribution < 1.29 is 18.7 Å². The molecule has 0 aliphatic heterocycles. The number of aromatic nitrogens is 2. The SMILES string of the molecule is COC(=O)c1cc(CN(C)C(=O)c2c(C)nn(-c3ccccc3)c2C)oc1C. The highest BCUT2D eigenvalue weighted by atomic mass is 16.5. The summed E-state index contributed by atoms with van der Waals surface area (Å²) in [5, 5.41) is 4.53. The van der Waals surface area contributed by atoms with Gasteiger partial charge in [-0.3, -0.25) is 4.79 Å². The number of hydrogen-bond donors (Lipinski definition) is 0. The van der Waals surface area contributed by atoms with Crippen molar-refractivity contribution in [2.45, 2.75) is 27.3 Å². The fraction of sp³-hybridized carbons (Fsp3) is 0.286. The maximum atomic E-state index is 13.1. The Kier molecular flexibility index (Phi) is 5.35. The summed E-state index contributed by atoms with van der Waals surface area (Å²) in [6.45, 7) is 5.61. The Morgan fingerprint density at radius 2 is 1.86 bits per heavy atom. The predicted octanol–water partition coefficient (Wildman–Crippen LogP) is 3.45. The number of ether oxygens (including phenoxy) is 1. The molecule has 0 N–H and O–H groups in total. The smallest absolute Gasteiger partial charge is 0.341 e. The number of benzene rings is 1. The molecule has 0 saturated heterocycles. The summed E-state index contributed by atoms with van der Waals surface area (Å²) in [7, 11) is 3.01. The Morgan fingerprint density at radius 1 is 1.18 bits per heavy atom. The van der Waals surface area contributed by atoms with Gasteiger partial charge in [0.05, 0.1) is 36.3 Å². The van der Waals surface area contributed by atoms with Crippen LogP contribution in [-0.2, 0) is 11.3 Å². The number of esters is 1. The molecule has 1 aromatic carbocycles. The van der Waals surface area contributed by atoms with E-state index in [4.69, 9.17) is 9.15 Å².